The standard InChI is InChI=1S/C23H25F2NO/c24-17-10-19(18-12-22(18)26-21-9-15-6-7-16(21)8-15)23(20(25)11-17)27-13-14-4-2-1-3-5-14/h1-5,10-11,15-16,18,21-22,26H,6-9,12-13H2/t15?,16?,18-,21?,22+/m0/s1. The molecule has 5 rings (SSSR count). The van der Waals surface area contributed by atoms with Crippen LogP contribution in [0.4, 0.5) is 8.78 Å². The molecule has 1 N–H and O–H groups in total. The van der Waals surface area contributed by atoms with Gasteiger partial charge in [0.15, 0.2) is 11.6 Å². The molecule has 27 heavy (non-hydrogen) atoms. The number of nitrogens with one attached hydrogen (secondary N) is 1. The zero-order valence-electron chi connectivity index (χ0n) is 15.3. The van der Waals surface area contributed by atoms with Crippen LogP contribution in [-0.2, 0) is 6.61 Å². The Morgan fingerprint density at radius 1 is 0.963 bits per heavy atom. The van der Waals surface area contributed by atoms with Crippen molar-refractivity contribution in [3.63, 3.8) is 0 Å². The molecule has 142 valence electrons. The smallest absolute Gasteiger partial charge is 0.168 e. The summed E-state index contributed by atoms with van der Waals surface area (Å²) in [5.41, 5.74) is 1.64. The van der Waals surface area contributed by atoms with Gasteiger partial charge < -0.3 is 10.1 Å². The van der Waals surface area contributed by atoms with Crippen LogP contribution < -0.4 is 10.1 Å². The molecule has 3 fully saturated rings. The first kappa shape index (κ1) is 17.2. The number of ether oxygens (including phenoxy) is 1. The lowest BCUT2D eigenvalue weighted by molar-refractivity contribution is 0.285. The summed E-state index contributed by atoms with van der Waals surface area (Å²) in [5.74, 6) is 0.907. The number of rotatable bonds is 6. The number of fused-ring (bicyclic) bond motifs is 2. The minimum absolute atomic E-state index is 0.139. The van der Waals surface area contributed by atoms with Gasteiger partial charge in [-0.15, -0.1) is 0 Å². The minimum Gasteiger partial charge on any atom is -0.486 e. The molecule has 3 saturated carbocycles. The van der Waals surface area contributed by atoms with E-state index < -0.39 is 11.6 Å². The Labute approximate surface area is 158 Å². The van der Waals surface area contributed by atoms with Gasteiger partial charge in [0.05, 0.1) is 0 Å². The molecule has 3 aliphatic carbocycles. The predicted molar refractivity (Wildman–Crippen MR) is 101 cm³/mol. The Kier molecular flexibility index (Phi) is 4.39. The van der Waals surface area contributed by atoms with E-state index >= 15 is 0 Å². The highest BCUT2D eigenvalue weighted by molar-refractivity contribution is 5.42. The Morgan fingerprint density at radius 2 is 1.81 bits per heavy atom. The summed E-state index contributed by atoms with van der Waals surface area (Å²) in [6.45, 7) is 0.285. The normalized spacial score (nSPS) is 31.3. The zero-order valence-corrected chi connectivity index (χ0v) is 15.3. The fourth-order valence-electron chi connectivity index (χ4n) is 5.18. The molecule has 5 atom stereocenters. The van der Waals surface area contributed by atoms with Gasteiger partial charge in [0, 0.05) is 29.6 Å². The Balaban J connectivity index is 1.30. The van der Waals surface area contributed by atoms with Gasteiger partial charge >= 0.3 is 0 Å². The van der Waals surface area contributed by atoms with E-state index in [-0.39, 0.29) is 18.3 Å². The maximum atomic E-state index is 14.5. The van der Waals surface area contributed by atoms with Crippen LogP contribution in [0.3, 0.4) is 0 Å². The Hall–Kier alpha value is -1.94. The SMILES string of the molecule is Fc1cc(F)c(OCc2ccccc2)c([C@@H]2C[C@H]2NC2CC3CCC2C3)c1. The second-order valence-electron chi connectivity index (χ2n) is 8.48. The van der Waals surface area contributed by atoms with Crippen molar-refractivity contribution in [3.8, 4) is 5.75 Å². The zero-order chi connectivity index (χ0) is 18.4. The van der Waals surface area contributed by atoms with E-state index in [0.29, 0.717) is 17.6 Å². The highest BCUT2D eigenvalue weighted by Gasteiger charge is 2.46. The van der Waals surface area contributed by atoms with Crippen LogP contribution in [0.5, 0.6) is 5.75 Å². The first-order valence-electron chi connectivity index (χ1n) is 10.1. The van der Waals surface area contributed by atoms with Crippen molar-refractivity contribution in [2.45, 2.75) is 56.7 Å². The van der Waals surface area contributed by atoms with Crippen LogP contribution in [0.1, 0.15) is 49.1 Å². The topological polar surface area (TPSA) is 21.3 Å². The molecule has 0 aliphatic heterocycles. The quantitative estimate of drug-likeness (QED) is 0.758. The Bertz CT molecular complexity index is 825. The van der Waals surface area contributed by atoms with Gasteiger partial charge in [-0.3, -0.25) is 0 Å². The predicted octanol–water partition coefficient (Wildman–Crippen LogP) is 5.18. The molecule has 3 unspecified atom stereocenters. The lowest BCUT2D eigenvalue weighted by Crippen LogP contribution is -2.36. The highest BCUT2D eigenvalue weighted by Crippen LogP contribution is 2.50. The van der Waals surface area contributed by atoms with E-state index in [0.717, 1.165) is 29.9 Å². The largest absolute Gasteiger partial charge is 0.486 e. The lowest BCUT2D eigenvalue weighted by atomic mass is 9.95. The maximum Gasteiger partial charge on any atom is 0.168 e. The molecule has 3 aliphatic rings. The van der Waals surface area contributed by atoms with Crippen molar-refractivity contribution in [1.29, 1.82) is 0 Å². The second kappa shape index (κ2) is 6.90. The summed E-state index contributed by atoms with van der Waals surface area (Å²) in [5, 5.41) is 3.77. The third-order valence-corrected chi connectivity index (χ3v) is 6.62. The lowest BCUT2D eigenvalue weighted by Gasteiger charge is -2.23. The monoisotopic (exact) mass is 369 g/mol. The van der Waals surface area contributed by atoms with Gasteiger partial charge in [-0.2, -0.15) is 0 Å². The van der Waals surface area contributed by atoms with E-state index in [2.05, 4.69) is 5.32 Å². The van der Waals surface area contributed by atoms with Crippen LogP contribution in [0.25, 0.3) is 0 Å². The van der Waals surface area contributed by atoms with E-state index in [4.69, 9.17) is 4.74 Å². The third-order valence-electron chi connectivity index (χ3n) is 6.62. The molecule has 0 aromatic heterocycles. The number of hydrogen-bond acceptors (Lipinski definition) is 2. The average molecular weight is 369 g/mol. The summed E-state index contributed by atoms with van der Waals surface area (Å²) >= 11 is 0. The van der Waals surface area contributed by atoms with Crippen LogP contribution in [0, 0.1) is 23.5 Å². The fourth-order valence-corrected chi connectivity index (χ4v) is 5.18. The van der Waals surface area contributed by atoms with E-state index in [1.54, 1.807) is 0 Å². The average Bonchev–Trinajstić information content (AvgIpc) is 3.09. The minimum atomic E-state index is -0.605. The summed E-state index contributed by atoms with van der Waals surface area (Å²) < 4.78 is 34.2. The molecule has 0 heterocycles. The molecule has 0 saturated heterocycles. The summed E-state index contributed by atoms with van der Waals surface area (Å²) in [4.78, 5) is 0. The summed E-state index contributed by atoms with van der Waals surface area (Å²) in [6.07, 6.45) is 6.26. The van der Waals surface area contributed by atoms with Crippen molar-refractivity contribution in [1.82, 2.24) is 5.32 Å². The molecule has 2 aromatic carbocycles. The number of hydrogen-bond donors (Lipinski definition) is 1. The fraction of sp³-hybridized carbons (Fsp3) is 0.478. The number of benzene rings is 2. The van der Waals surface area contributed by atoms with E-state index in [1.165, 1.54) is 31.7 Å². The first-order chi connectivity index (χ1) is 13.2. The van der Waals surface area contributed by atoms with Crippen molar-refractivity contribution in [2.75, 3.05) is 0 Å². The van der Waals surface area contributed by atoms with Crippen LogP contribution in [0.15, 0.2) is 42.5 Å². The summed E-state index contributed by atoms with van der Waals surface area (Å²) in [7, 11) is 0. The molecule has 0 amide bonds. The van der Waals surface area contributed by atoms with Gasteiger partial charge in [-0.1, -0.05) is 36.8 Å². The highest BCUT2D eigenvalue weighted by atomic mass is 19.1. The third kappa shape index (κ3) is 3.47. The van der Waals surface area contributed by atoms with E-state index in [9.17, 15) is 8.78 Å². The van der Waals surface area contributed by atoms with E-state index in [1.807, 2.05) is 30.3 Å². The summed E-state index contributed by atoms with van der Waals surface area (Å²) in [6, 6.07) is 13.0. The first-order valence-corrected chi connectivity index (χ1v) is 10.1. The maximum absolute atomic E-state index is 14.5. The molecule has 4 heteroatoms. The molecule has 0 radical (unpaired) electrons. The second-order valence-corrected chi connectivity index (χ2v) is 8.48. The van der Waals surface area contributed by atoms with Gasteiger partial charge in [-0.25, -0.2) is 8.78 Å². The van der Waals surface area contributed by atoms with Gasteiger partial charge in [-0.05, 0) is 49.1 Å². The van der Waals surface area contributed by atoms with Crippen molar-refractivity contribution in [2.24, 2.45) is 11.8 Å². The molecule has 0 spiro atoms. The van der Waals surface area contributed by atoms with Gasteiger partial charge in [0.1, 0.15) is 12.4 Å². The van der Waals surface area contributed by atoms with Crippen molar-refractivity contribution < 1.29 is 13.5 Å². The van der Waals surface area contributed by atoms with Gasteiger partial charge in [0.25, 0.3) is 0 Å². The Morgan fingerprint density at radius 3 is 2.56 bits per heavy atom. The molecule has 2 bridgehead atoms. The molecular weight excluding hydrogens is 344 g/mol. The molecular formula is C23H25F2NO. The molecule has 2 aromatic rings. The van der Waals surface area contributed by atoms with Crippen molar-refractivity contribution >= 4 is 0 Å². The van der Waals surface area contributed by atoms with Crippen LogP contribution >= 0.6 is 0 Å². The van der Waals surface area contributed by atoms with Crippen LogP contribution in [0.2, 0.25) is 0 Å². The molecule has 2 nitrogen and oxygen atoms in total. The van der Waals surface area contributed by atoms with Crippen LogP contribution in [-0.4, -0.2) is 12.1 Å². The van der Waals surface area contributed by atoms with Crippen molar-refractivity contribution in [3.05, 3.63) is 65.2 Å². The van der Waals surface area contributed by atoms with Gasteiger partial charge in [0.2, 0.25) is 0 Å². The number of halogens is 2.